The minimum absolute atomic E-state index is 0.0262. The Labute approximate surface area is 143 Å². The largest absolute Gasteiger partial charge is 0.507 e. The summed E-state index contributed by atoms with van der Waals surface area (Å²) in [6.45, 7) is 1.49. The van der Waals surface area contributed by atoms with Crippen molar-refractivity contribution in [3.63, 3.8) is 0 Å². The number of benzene rings is 1. The highest BCUT2D eigenvalue weighted by atomic mass is 16.3. The quantitative estimate of drug-likeness (QED) is 0.656. The van der Waals surface area contributed by atoms with Crippen LogP contribution in [0.1, 0.15) is 53.3 Å². The van der Waals surface area contributed by atoms with Crippen molar-refractivity contribution in [2.75, 3.05) is 0 Å². The van der Waals surface area contributed by atoms with Crippen LogP contribution in [0.2, 0.25) is 0 Å². The average Bonchev–Trinajstić information content (AvgIpc) is 2.49. The molecule has 130 valence electrons. The minimum atomic E-state index is -1.54. The Hall–Kier alpha value is -2.31. The molecule has 1 fully saturated rings. The van der Waals surface area contributed by atoms with Crippen molar-refractivity contribution < 1.29 is 29.7 Å². The van der Waals surface area contributed by atoms with Crippen LogP contribution in [0.4, 0.5) is 0 Å². The van der Waals surface area contributed by atoms with Gasteiger partial charge in [0.1, 0.15) is 11.5 Å². The summed E-state index contributed by atoms with van der Waals surface area (Å²) in [5.41, 5.74) is -2.62. The average molecular weight is 342 g/mol. The normalized spacial score (nSPS) is 34.5. The van der Waals surface area contributed by atoms with Gasteiger partial charge >= 0.3 is 0 Å². The predicted molar refractivity (Wildman–Crippen MR) is 86.3 cm³/mol. The van der Waals surface area contributed by atoms with Crippen molar-refractivity contribution in [2.24, 2.45) is 5.92 Å². The number of aromatic hydroxyl groups is 1. The number of hydrogen-bond acceptors (Lipinski definition) is 6. The van der Waals surface area contributed by atoms with Gasteiger partial charge in [0, 0.05) is 29.6 Å². The fourth-order valence-corrected chi connectivity index (χ4v) is 4.68. The van der Waals surface area contributed by atoms with Crippen molar-refractivity contribution >= 4 is 17.3 Å². The monoisotopic (exact) mass is 342 g/mol. The van der Waals surface area contributed by atoms with E-state index in [1.54, 1.807) is 0 Å². The molecule has 0 aromatic heterocycles. The van der Waals surface area contributed by atoms with Crippen LogP contribution >= 0.6 is 0 Å². The SMILES string of the molecule is C[C@]1(O)CC(=O)[C@H]2C3=C(CC[C@@]2(O)C1)C(=O)c1c(O)cccc1C3=O. The lowest BCUT2D eigenvalue weighted by Gasteiger charge is -2.49. The number of fused-ring (bicyclic) bond motifs is 3. The van der Waals surface area contributed by atoms with Gasteiger partial charge in [-0.05, 0) is 25.8 Å². The first-order chi connectivity index (χ1) is 11.6. The summed E-state index contributed by atoms with van der Waals surface area (Å²) < 4.78 is 0. The van der Waals surface area contributed by atoms with Gasteiger partial charge in [-0.2, -0.15) is 0 Å². The number of hydrogen-bond donors (Lipinski definition) is 3. The van der Waals surface area contributed by atoms with Crippen LogP contribution in [-0.2, 0) is 4.79 Å². The zero-order chi connectivity index (χ0) is 18.1. The number of ketones is 3. The molecule has 0 spiro atoms. The van der Waals surface area contributed by atoms with Crippen LogP contribution in [0.5, 0.6) is 5.75 Å². The van der Waals surface area contributed by atoms with Gasteiger partial charge in [0.25, 0.3) is 0 Å². The van der Waals surface area contributed by atoms with Crippen LogP contribution in [0, 0.1) is 5.92 Å². The van der Waals surface area contributed by atoms with Gasteiger partial charge in [-0.25, -0.2) is 0 Å². The predicted octanol–water partition coefficient (Wildman–Crippen LogP) is 1.32. The number of allylic oxidation sites excluding steroid dienone is 1. The van der Waals surface area contributed by atoms with Crippen molar-refractivity contribution in [3.05, 3.63) is 40.5 Å². The molecule has 0 amide bonds. The lowest BCUT2D eigenvalue weighted by Crippen LogP contribution is -2.58. The maximum absolute atomic E-state index is 13.0. The first kappa shape index (κ1) is 16.2. The molecule has 0 unspecified atom stereocenters. The molecule has 0 bridgehead atoms. The van der Waals surface area contributed by atoms with Gasteiger partial charge in [0.05, 0.1) is 22.7 Å². The number of phenolic OH excluding ortho intramolecular Hbond substituents is 1. The molecule has 0 heterocycles. The molecule has 0 saturated heterocycles. The maximum atomic E-state index is 13.0. The first-order valence-corrected chi connectivity index (χ1v) is 8.26. The summed E-state index contributed by atoms with van der Waals surface area (Å²) in [5.74, 6) is -2.77. The molecule has 1 saturated carbocycles. The van der Waals surface area contributed by atoms with E-state index < -0.39 is 34.5 Å². The number of carbonyl (C=O) groups excluding carboxylic acids is 3. The lowest BCUT2D eigenvalue weighted by atomic mass is 9.58. The summed E-state index contributed by atoms with van der Waals surface area (Å²) in [6.07, 6.45) is 0.0387. The van der Waals surface area contributed by atoms with E-state index in [0.29, 0.717) is 0 Å². The summed E-state index contributed by atoms with van der Waals surface area (Å²) in [6, 6.07) is 4.25. The molecule has 0 radical (unpaired) electrons. The molecular weight excluding hydrogens is 324 g/mol. The molecule has 6 nitrogen and oxygen atoms in total. The Kier molecular flexibility index (Phi) is 3.15. The Balaban J connectivity index is 1.91. The second-order valence-electron chi connectivity index (χ2n) is 7.60. The highest BCUT2D eigenvalue weighted by Crippen LogP contribution is 2.51. The Morgan fingerprint density at radius 2 is 1.84 bits per heavy atom. The van der Waals surface area contributed by atoms with E-state index in [1.165, 1.54) is 25.1 Å². The third kappa shape index (κ3) is 2.14. The van der Waals surface area contributed by atoms with E-state index >= 15 is 0 Å². The minimum Gasteiger partial charge on any atom is -0.507 e. The maximum Gasteiger partial charge on any atom is 0.193 e. The zero-order valence-corrected chi connectivity index (χ0v) is 13.7. The summed E-state index contributed by atoms with van der Waals surface area (Å²) in [5, 5.41) is 31.3. The van der Waals surface area contributed by atoms with Gasteiger partial charge in [-0.3, -0.25) is 14.4 Å². The molecule has 3 aliphatic rings. The van der Waals surface area contributed by atoms with E-state index in [1.807, 2.05) is 0 Å². The number of Topliss-reactive ketones (excluding diaryl/α,β-unsaturated/α-hetero) is 3. The topological polar surface area (TPSA) is 112 Å². The van der Waals surface area contributed by atoms with Gasteiger partial charge in [-0.1, -0.05) is 12.1 Å². The van der Waals surface area contributed by atoms with Crippen molar-refractivity contribution in [3.8, 4) is 5.75 Å². The molecular formula is C19H18O6. The van der Waals surface area contributed by atoms with Gasteiger partial charge in [0.2, 0.25) is 0 Å². The third-order valence-electron chi connectivity index (χ3n) is 5.56. The Morgan fingerprint density at radius 3 is 2.56 bits per heavy atom. The molecule has 6 heteroatoms. The van der Waals surface area contributed by atoms with E-state index in [9.17, 15) is 29.7 Å². The highest BCUT2D eigenvalue weighted by Gasteiger charge is 2.57. The summed E-state index contributed by atoms with van der Waals surface area (Å²) in [4.78, 5) is 38.5. The second-order valence-corrected chi connectivity index (χ2v) is 7.60. The molecule has 3 atom stereocenters. The van der Waals surface area contributed by atoms with E-state index in [-0.39, 0.29) is 53.7 Å². The lowest BCUT2D eigenvalue weighted by molar-refractivity contribution is -0.156. The van der Waals surface area contributed by atoms with Gasteiger partial charge in [0.15, 0.2) is 11.6 Å². The van der Waals surface area contributed by atoms with Crippen LogP contribution in [0.3, 0.4) is 0 Å². The zero-order valence-electron chi connectivity index (χ0n) is 13.7. The second kappa shape index (κ2) is 4.86. The number of aliphatic hydroxyl groups is 2. The van der Waals surface area contributed by atoms with Crippen LogP contribution in [0.15, 0.2) is 29.3 Å². The van der Waals surface area contributed by atoms with Gasteiger partial charge in [-0.15, -0.1) is 0 Å². The number of carbonyl (C=O) groups is 3. The molecule has 3 aliphatic carbocycles. The Morgan fingerprint density at radius 1 is 1.12 bits per heavy atom. The van der Waals surface area contributed by atoms with Crippen molar-refractivity contribution in [1.82, 2.24) is 0 Å². The molecule has 1 aromatic carbocycles. The molecule has 0 aliphatic heterocycles. The first-order valence-electron chi connectivity index (χ1n) is 8.26. The van der Waals surface area contributed by atoms with E-state index in [0.717, 1.165) is 0 Å². The number of phenols is 1. The number of rotatable bonds is 0. The molecule has 3 N–H and O–H groups in total. The molecule has 4 rings (SSSR count). The van der Waals surface area contributed by atoms with Crippen molar-refractivity contribution in [2.45, 2.75) is 43.8 Å². The van der Waals surface area contributed by atoms with E-state index in [2.05, 4.69) is 0 Å². The summed E-state index contributed by atoms with van der Waals surface area (Å²) >= 11 is 0. The smallest absolute Gasteiger partial charge is 0.193 e. The Bertz CT molecular complexity index is 878. The fraction of sp³-hybridized carbons (Fsp3) is 0.421. The van der Waals surface area contributed by atoms with E-state index in [4.69, 9.17) is 0 Å². The molecule has 1 aromatic rings. The fourth-order valence-electron chi connectivity index (χ4n) is 4.68. The standard InChI is InChI=1S/C19H18O6/c1-18(24)7-12(21)15-14-10(5-6-19(15,25)8-18)16(22)13-9(17(14)23)3-2-4-11(13)20/h2-4,15,20,24-25H,5-8H2,1H3/t15-,18-,19+/m0/s1. The van der Waals surface area contributed by atoms with Crippen LogP contribution < -0.4 is 0 Å². The molecule has 25 heavy (non-hydrogen) atoms. The van der Waals surface area contributed by atoms with Gasteiger partial charge < -0.3 is 15.3 Å². The third-order valence-corrected chi connectivity index (χ3v) is 5.56. The van der Waals surface area contributed by atoms with Crippen LogP contribution in [0.25, 0.3) is 0 Å². The summed E-state index contributed by atoms with van der Waals surface area (Å²) in [7, 11) is 0. The van der Waals surface area contributed by atoms with Crippen molar-refractivity contribution in [1.29, 1.82) is 0 Å². The van der Waals surface area contributed by atoms with Crippen LogP contribution in [-0.4, -0.2) is 43.9 Å². The highest BCUT2D eigenvalue weighted by molar-refractivity contribution is 6.29.